The summed E-state index contributed by atoms with van der Waals surface area (Å²) in [7, 11) is 1.63. The summed E-state index contributed by atoms with van der Waals surface area (Å²) in [5.74, 6) is 0.278. The number of aryl methyl sites for hydroxylation is 1. The number of rotatable bonds is 3. The normalized spacial score (nSPS) is 11.4. The van der Waals surface area contributed by atoms with Gasteiger partial charge in [-0.15, -0.1) is 0 Å². The molecule has 1 rings (SSSR count). The van der Waals surface area contributed by atoms with Gasteiger partial charge in [-0.25, -0.2) is 0 Å². The highest BCUT2D eigenvalue weighted by molar-refractivity contribution is 5.27. The molecule has 2 nitrogen and oxygen atoms in total. The summed E-state index contributed by atoms with van der Waals surface area (Å²) in [6, 6.07) is 7.91. The van der Waals surface area contributed by atoms with Crippen LogP contribution in [0.15, 0.2) is 24.3 Å². The van der Waals surface area contributed by atoms with E-state index in [0.29, 0.717) is 0 Å². The van der Waals surface area contributed by atoms with Crippen LogP contribution in [0.3, 0.4) is 0 Å². The van der Waals surface area contributed by atoms with Gasteiger partial charge >= 0.3 is 0 Å². The van der Waals surface area contributed by atoms with Gasteiger partial charge in [0.05, 0.1) is 0 Å². The van der Waals surface area contributed by atoms with Crippen LogP contribution in [0.2, 0.25) is 0 Å². The lowest BCUT2D eigenvalue weighted by Crippen LogP contribution is -2.30. The Labute approximate surface area is 79.5 Å². The van der Waals surface area contributed by atoms with Gasteiger partial charge in [-0.05, 0) is 24.6 Å². The van der Waals surface area contributed by atoms with E-state index in [1.54, 1.807) is 7.11 Å². The molecule has 0 aliphatic heterocycles. The third-order valence-corrected chi connectivity index (χ3v) is 1.84. The van der Waals surface area contributed by atoms with E-state index in [0.717, 1.165) is 5.75 Å². The van der Waals surface area contributed by atoms with E-state index in [9.17, 15) is 0 Å². The monoisotopic (exact) mass is 180 g/mol. The molecule has 1 aromatic rings. The minimum atomic E-state index is -0.562. The maximum Gasteiger partial charge on any atom is 0.204 e. The summed E-state index contributed by atoms with van der Waals surface area (Å²) < 4.78 is 10.8. The number of ether oxygens (including phenoxy) is 2. The maximum atomic E-state index is 5.61. The van der Waals surface area contributed by atoms with Crippen molar-refractivity contribution >= 4 is 0 Å². The van der Waals surface area contributed by atoms with Crippen molar-refractivity contribution in [3.8, 4) is 5.75 Å². The van der Waals surface area contributed by atoms with Gasteiger partial charge in [0, 0.05) is 21.0 Å². The van der Waals surface area contributed by atoms with Gasteiger partial charge in [0.15, 0.2) is 0 Å². The maximum absolute atomic E-state index is 5.61. The average Bonchev–Trinajstić information content (AvgIpc) is 2.03. The van der Waals surface area contributed by atoms with Crippen LogP contribution in [-0.2, 0) is 4.74 Å². The molecule has 0 bridgehead atoms. The molecular formula is C11H16O2. The van der Waals surface area contributed by atoms with Gasteiger partial charge in [0.25, 0.3) is 0 Å². The standard InChI is InChI=1S/C11H16O2/c1-9-6-5-7-10(8-9)13-11(2,3)12-4/h5-8H,1-4H3. The van der Waals surface area contributed by atoms with Gasteiger partial charge in [0.2, 0.25) is 5.79 Å². The minimum Gasteiger partial charge on any atom is -0.463 e. The number of hydrogen-bond acceptors (Lipinski definition) is 2. The van der Waals surface area contributed by atoms with Crippen LogP contribution in [0.25, 0.3) is 0 Å². The summed E-state index contributed by atoms with van der Waals surface area (Å²) in [4.78, 5) is 0. The van der Waals surface area contributed by atoms with Crippen molar-refractivity contribution in [3.05, 3.63) is 29.8 Å². The second kappa shape index (κ2) is 3.79. The van der Waals surface area contributed by atoms with Crippen molar-refractivity contribution in [3.63, 3.8) is 0 Å². The van der Waals surface area contributed by atoms with Gasteiger partial charge in [-0.3, -0.25) is 0 Å². The van der Waals surface area contributed by atoms with E-state index < -0.39 is 5.79 Å². The highest BCUT2D eigenvalue weighted by Gasteiger charge is 2.17. The second-order valence-corrected chi connectivity index (χ2v) is 3.52. The Kier molecular flexibility index (Phi) is 2.94. The molecule has 0 fully saturated rings. The fraction of sp³-hybridized carbons (Fsp3) is 0.455. The highest BCUT2D eigenvalue weighted by atomic mass is 16.7. The first-order valence-electron chi connectivity index (χ1n) is 4.34. The summed E-state index contributed by atoms with van der Waals surface area (Å²) in [5.41, 5.74) is 1.18. The second-order valence-electron chi connectivity index (χ2n) is 3.52. The molecule has 0 amide bonds. The predicted octanol–water partition coefficient (Wildman–Crippen LogP) is 2.76. The van der Waals surface area contributed by atoms with E-state index in [1.165, 1.54) is 5.56 Å². The smallest absolute Gasteiger partial charge is 0.204 e. The average molecular weight is 180 g/mol. The topological polar surface area (TPSA) is 18.5 Å². The summed E-state index contributed by atoms with van der Waals surface area (Å²) in [6.45, 7) is 5.80. The highest BCUT2D eigenvalue weighted by Crippen LogP contribution is 2.19. The van der Waals surface area contributed by atoms with E-state index >= 15 is 0 Å². The number of benzene rings is 1. The van der Waals surface area contributed by atoms with Crippen LogP contribution >= 0.6 is 0 Å². The summed E-state index contributed by atoms with van der Waals surface area (Å²) in [6.07, 6.45) is 0. The SMILES string of the molecule is COC(C)(C)Oc1cccc(C)c1. The van der Waals surface area contributed by atoms with Crippen molar-refractivity contribution in [2.75, 3.05) is 7.11 Å². The number of methoxy groups -OCH3 is 1. The van der Waals surface area contributed by atoms with Crippen molar-refractivity contribution in [1.29, 1.82) is 0 Å². The van der Waals surface area contributed by atoms with Gasteiger partial charge in [-0.2, -0.15) is 0 Å². The molecule has 72 valence electrons. The van der Waals surface area contributed by atoms with Gasteiger partial charge in [-0.1, -0.05) is 12.1 Å². The zero-order valence-electron chi connectivity index (χ0n) is 8.63. The lowest BCUT2D eigenvalue weighted by molar-refractivity contribution is -0.134. The van der Waals surface area contributed by atoms with Crippen molar-refractivity contribution in [2.24, 2.45) is 0 Å². The fourth-order valence-corrected chi connectivity index (χ4v) is 1.00. The van der Waals surface area contributed by atoms with Crippen LogP contribution in [0.1, 0.15) is 19.4 Å². The molecule has 0 aromatic heterocycles. The molecule has 0 radical (unpaired) electrons. The Morgan fingerprint density at radius 2 is 1.92 bits per heavy atom. The van der Waals surface area contributed by atoms with Gasteiger partial charge < -0.3 is 9.47 Å². The lowest BCUT2D eigenvalue weighted by atomic mass is 10.2. The van der Waals surface area contributed by atoms with Crippen LogP contribution in [0, 0.1) is 6.92 Å². The quantitative estimate of drug-likeness (QED) is 0.666. The Balaban J connectivity index is 2.74. The predicted molar refractivity (Wildman–Crippen MR) is 52.9 cm³/mol. The van der Waals surface area contributed by atoms with Crippen LogP contribution < -0.4 is 4.74 Å². The largest absolute Gasteiger partial charge is 0.463 e. The van der Waals surface area contributed by atoms with Crippen LogP contribution in [0.4, 0.5) is 0 Å². The molecule has 0 saturated heterocycles. The Morgan fingerprint density at radius 3 is 2.46 bits per heavy atom. The lowest BCUT2D eigenvalue weighted by Gasteiger charge is -2.24. The van der Waals surface area contributed by atoms with E-state index in [4.69, 9.17) is 9.47 Å². The third-order valence-electron chi connectivity index (χ3n) is 1.84. The zero-order chi connectivity index (χ0) is 9.90. The molecule has 0 aliphatic rings. The molecule has 13 heavy (non-hydrogen) atoms. The third kappa shape index (κ3) is 3.07. The van der Waals surface area contributed by atoms with E-state index in [-0.39, 0.29) is 0 Å². The van der Waals surface area contributed by atoms with Crippen molar-refractivity contribution < 1.29 is 9.47 Å². The summed E-state index contributed by atoms with van der Waals surface area (Å²) in [5, 5.41) is 0. The molecule has 1 aromatic carbocycles. The fourth-order valence-electron chi connectivity index (χ4n) is 1.00. The Hall–Kier alpha value is -1.02. The molecule has 0 atom stereocenters. The Bertz CT molecular complexity index is 279. The first-order chi connectivity index (χ1) is 6.03. The minimum absolute atomic E-state index is 0.562. The zero-order valence-corrected chi connectivity index (χ0v) is 8.63. The number of hydrogen-bond donors (Lipinski definition) is 0. The first kappa shape index (κ1) is 10.1. The van der Waals surface area contributed by atoms with Crippen molar-refractivity contribution in [2.45, 2.75) is 26.6 Å². The molecular weight excluding hydrogens is 164 g/mol. The van der Waals surface area contributed by atoms with Gasteiger partial charge in [0.1, 0.15) is 5.75 Å². The molecule has 0 unspecified atom stereocenters. The summed E-state index contributed by atoms with van der Waals surface area (Å²) >= 11 is 0. The van der Waals surface area contributed by atoms with E-state index in [1.807, 2.05) is 45.0 Å². The Morgan fingerprint density at radius 1 is 1.23 bits per heavy atom. The van der Waals surface area contributed by atoms with Crippen LogP contribution in [0.5, 0.6) is 5.75 Å². The molecule has 2 heteroatoms. The molecule has 0 spiro atoms. The molecule has 0 aliphatic carbocycles. The van der Waals surface area contributed by atoms with E-state index in [2.05, 4.69) is 0 Å². The molecule has 0 N–H and O–H groups in total. The van der Waals surface area contributed by atoms with Crippen molar-refractivity contribution in [1.82, 2.24) is 0 Å². The molecule has 0 saturated carbocycles. The van der Waals surface area contributed by atoms with Crippen LogP contribution in [-0.4, -0.2) is 12.9 Å². The first-order valence-corrected chi connectivity index (χ1v) is 4.34. The molecule has 0 heterocycles.